The molecule has 0 saturated heterocycles. The summed E-state index contributed by atoms with van der Waals surface area (Å²) >= 11 is -2.96. The topological polar surface area (TPSA) is 12.0 Å². The van der Waals surface area contributed by atoms with Crippen molar-refractivity contribution in [3.05, 3.63) is 20.0 Å². The van der Waals surface area contributed by atoms with Gasteiger partial charge in [0.2, 0.25) is 0 Å². The van der Waals surface area contributed by atoms with Crippen molar-refractivity contribution in [1.29, 1.82) is 0 Å². The second-order valence-electron chi connectivity index (χ2n) is 8.13. The first-order valence-electron chi connectivity index (χ1n) is 7.01. The normalized spacial score (nSPS) is 20.8. The molecule has 0 saturated carbocycles. The van der Waals surface area contributed by atoms with Gasteiger partial charge in [0.1, 0.15) is 0 Å². The predicted octanol–water partition coefficient (Wildman–Crippen LogP) is 4.73. The van der Waals surface area contributed by atoms with E-state index in [-0.39, 0.29) is 30.4 Å². The van der Waals surface area contributed by atoms with Crippen LogP contribution in [0.15, 0.2) is 20.0 Å². The van der Waals surface area contributed by atoms with Gasteiger partial charge in [0.15, 0.2) is 0 Å². The Bertz CT molecular complexity index is 506. The smallest absolute Gasteiger partial charge is 0.147 e. The summed E-state index contributed by atoms with van der Waals surface area (Å²) in [7, 11) is 0. The maximum Gasteiger partial charge on any atom is -0.147 e. The van der Waals surface area contributed by atoms with Gasteiger partial charge in [0.25, 0.3) is 0 Å². The van der Waals surface area contributed by atoms with Crippen LogP contribution in [0.1, 0.15) is 48.5 Å². The number of halogens is 2. The summed E-state index contributed by atoms with van der Waals surface area (Å²) in [5.41, 5.74) is 4.88. The Kier molecular flexibility index (Phi) is 7.84. The predicted molar refractivity (Wildman–Crippen MR) is 97.9 cm³/mol. The minimum absolute atomic E-state index is 0. The number of nitrogens with one attached hydrogen (secondary N) is 1. The first kappa shape index (κ1) is 23.4. The molecule has 1 rings (SSSR count). The Hall–Kier alpha value is 1.12. The molecule has 0 amide bonds. The Morgan fingerprint density at radius 3 is 1.65 bits per heavy atom. The average molecular weight is 418 g/mol. The van der Waals surface area contributed by atoms with E-state index in [9.17, 15) is 0 Å². The van der Waals surface area contributed by atoms with Gasteiger partial charge in [-0.1, -0.05) is 0 Å². The molecule has 0 heterocycles. The molecule has 0 aromatic heterocycles. The first-order valence-corrected chi connectivity index (χ1v) is 20.3. The number of allylic oxidation sites excluding steroid dienone is 4. The fourth-order valence-corrected chi connectivity index (χ4v) is 24.1. The van der Waals surface area contributed by atoms with E-state index in [1.807, 2.05) is 0 Å². The van der Waals surface area contributed by atoms with Gasteiger partial charge in [0, 0.05) is 0 Å². The molecule has 0 aromatic carbocycles. The maximum atomic E-state index is 4.05. The fraction of sp³-hybridized carbons (Fsp3) is 0.733. The maximum absolute atomic E-state index is 4.05. The van der Waals surface area contributed by atoms with Crippen LogP contribution in [0.4, 0.5) is 0 Å². The van der Waals surface area contributed by atoms with Crippen LogP contribution < -0.4 is 3.26 Å². The average Bonchev–Trinajstić information content (AvgIpc) is 2.25. The fourth-order valence-electron chi connectivity index (χ4n) is 3.93. The van der Waals surface area contributed by atoms with Gasteiger partial charge in [-0.2, -0.15) is 0 Å². The van der Waals surface area contributed by atoms with E-state index in [2.05, 4.69) is 67.9 Å². The van der Waals surface area contributed by atoms with Crippen LogP contribution in [-0.4, -0.2) is 12.4 Å². The molecule has 0 fully saturated rings. The second kappa shape index (κ2) is 6.71. The van der Waals surface area contributed by atoms with Crippen LogP contribution in [0.2, 0.25) is 9.26 Å². The second-order valence-corrected chi connectivity index (χ2v) is 35.8. The Morgan fingerprint density at radius 1 is 1.00 bits per heavy atom. The van der Waals surface area contributed by atoms with Crippen LogP contribution in [0.3, 0.4) is 0 Å². The van der Waals surface area contributed by atoms with Crippen molar-refractivity contribution in [3.8, 4) is 0 Å². The van der Waals surface area contributed by atoms with E-state index >= 15 is 0 Å². The molecule has 1 nitrogen and oxygen atoms in total. The Morgan fingerprint density at radius 2 is 1.40 bits per heavy atom. The minimum Gasteiger partial charge on any atom is -0.147 e. The van der Waals surface area contributed by atoms with E-state index in [1.54, 1.807) is 14.4 Å². The molecule has 1 aliphatic carbocycles. The van der Waals surface area contributed by atoms with E-state index in [0.29, 0.717) is 5.92 Å². The summed E-state index contributed by atoms with van der Waals surface area (Å²) in [5.74, 6) is 0.637. The third-order valence-electron chi connectivity index (χ3n) is 4.28. The van der Waals surface area contributed by atoms with Gasteiger partial charge < -0.3 is 0 Å². The van der Waals surface area contributed by atoms with E-state index < -0.39 is 17.7 Å². The molecule has 0 radical (unpaired) electrons. The zero-order chi connectivity index (χ0) is 14.5. The van der Waals surface area contributed by atoms with Crippen LogP contribution in [0, 0.1) is 5.92 Å². The van der Waals surface area contributed by atoms with Gasteiger partial charge in [0.05, 0.1) is 0 Å². The van der Waals surface area contributed by atoms with E-state index in [0.717, 1.165) is 0 Å². The molecule has 1 aliphatic rings. The Labute approximate surface area is 141 Å². The van der Waals surface area contributed by atoms with Crippen molar-refractivity contribution in [1.82, 2.24) is 3.26 Å². The van der Waals surface area contributed by atoms with Crippen LogP contribution in [-0.2, 0) is 17.7 Å². The molecule has 0 bridgehead atoms. The monoisotopic (exact) mass is 415 g/mol. The zero-order valence-electron chi connectivity index (χ0n) is 14.6. The number of hydrogen-bond acceptors (Lipinski definition) is 1. The molecule has 0 aliphatic heterocycles. The number of rotatable bonds is 2. The van der Waals surface area contributed by atoms with Crippen molar-refractivity contribution in [2.45, 2.75) is 63.3 Å². The van der Waals surface area contributed by atoms with E-state index in [4.69, 9.17) is 0 Å². The minimum atomic E-state index is -2.96. The largest absolute Gasteiger partial charge is 0.147 e. The zero-order valence-corrected chi connectivity index (χ0v) is 20.1. The third-order valence-corrected chi connectivity index (χ3v) is 17.6. The standard InChI is InChI=1S/C9H13.C4H10N.2CH3.2ClH.H2Si.Zr/c1-6-5-7(2)9(4)8(6)3;1-4(2,3)5;;;;;;/h6H,1-4H3;5H,1-3H3;2*1H3;2*1H;1H2;/q;-1;;;;;;+1. The number of hydrogen-bond donors (Lipinski definition) is 1. The molecule has 0 spiro atoms. The van der Waals surface area contributed by atoms with Crippen molar-refractivity contribution >= 4 is 31.7 Å². The Balaban J connectivity index is 0. The first-order chi connectivity index (χ1) is 7.75. The summed E-state index contributed by atoms with van der Waals surface area (Å²) < 4.78 is 10.9. The molecule has 120 valence electrons. The molecule has 1 unspecified atom stereocenters. The van der Waals surface area contributed by atoms with Crippen LogP contribution >= 0.6 is 24.8 Å². The summed E-state index contributed by atoms with van der Waals surface area (Å²) in [4.78, 5) is 0. The summed E-state index contributed by atoms with van der Waals surface area (Å²) in [6.45, 7) is 18.5. The summed E-state index contributed by atoms with van der Waals surface area (Å²) in [6, 6.07) is 0. The van der Waals surface area contributed by atoms with Crippen molar-refractivity contribution in [2.24, 2.45) is 5.92 Å². The van der Waals surface area contributed by atoms with Crippen molar-refractivity contribution < 1.29 is 17.7 Å². The molecular weight excluding hydrogens is 384 g/mol. The van der Waals surface area contributed by atoms with Crippen molar-refractivity contribution in [2.75, 3.05) is 0 Å². The van der Waals surface area contributed by atoms with E-state index in [1.165, 1.54) is 5.57 Å². The van der Waals surface area contributed by atoms with Gasteiger partial charge in [-0.05, 0) is 0 Å². The summed E-state index contributed by atoms with van der Waals surface area (Å²) in [6.07, 6.45) is 0. The van der Waals surface area contributed by atoms with Gasteiger partial charge in [-0.3, -0.25) is 0 Å². The van der Waals surface area contributed by atoms with Gasteiger partial charge in [-0.25, -0.2) is 0 Å². The summed E-state index contributed by atoms with van der Waals surface area (Å²) in [5, 5.41) is 0. The van der Waals surface area contributed by atoms with Crippen LogP contribution in [0.5, 0.6) is 0 Å². The quantitative estimate of drug-likeness (QED) is 0.641. The molecular formula is C15H33Cl2NSiZr. The third kappa shape index (κ3) is 4.81. The molecule has 5 heteroatoms. The molecule has 0 aromatic rings. The molecule has 1 N–H and O–H groups in total. The molecule has 20 heavy (non-hydrogen) atoms. The molecule has 1 atom stereocenters. The van der Waals surface area contributed by atoms with Crippen molar-refractivity contribution in [3.63, 3.8) is 0 Å². The van der Waals surface area contributed by atoms with Crippen LogP contribution in [0.25, 0.3) is 0 Å². The SMILES string of the molecule is CC1=C(C)C(C)[C]([Zr]([CH3])([CH3])(=[SiH2])[NH]C(C)(C)C)=C1C.Cl.Cl. The van der Waals surface area contributed by atoms with Gasteiger partial charge >= 0.3 is 117 Å². The van der Waals surface area contributed by atoms with Gasteiger partial charge in [-0.15, -0.1) is 24.8 Å².